The molecular weight excluding hydrogens is 441 g/mol. The van der Waals surface area contributed by atoms with Crippen molar-refractivity contribution >= 4 is 21.6 Å². The van der Waals surface area contributed by atoms with Gasteiger partial charge in [-0.05, 0) is 62.3 Å². The standard InChI is InChI=1S/C25H24FN3O3S/c1-28-11-3-4-19(28)14-32-21-10-9-18(12-22(21)31-2)29-15-27-20-13-23(33-24(20)25(29)30)16-5-7-17(26)8-6-16/h5-10,12-13,15,19H,3-4,11,14H2,1-2H3/t19-/m1/s1. The van der Waals surface area contributed by atoms with Gasteiger partial charge in [-0.1, -0.05) is 12.1 Å². The second kappa shape index (κ2) is 8.96. The summed E-state index contributed by atoms with van der Waals surface area (Å²) in [6.45, 7) is 1.69. The summed E-state index contributed by atoms with van der Waals surface area (Å²) in [7, 11) is 3.70. The Morgan fingerprint density at radius 1 is 1.15 bits per heavy atom. The van der Waals surface area contributed by atoms with Gasteiger partial charge in [0.25, 0.3) is 5.56 Å². The predicted octanol–water partition coefficient (Wildman–Crippen LogP) is 4.73. The maximum Gasteiger partial charge on any atom is 0.275 e. The molecule has 8 heteroatoms. The second-order valence-corrected chi connectivity index (χ2v) is 9.23. The zero-order valence-corrected chi connectivity index (χ0v) is 19.3. The molecule has 0 unspecified atom stereocenters. The van der Waals surface area contributed by atoms with Gasteiger partial charge in [0.1, 0.15) is 23.5 Å². The Labute approximate surface area is 194 Å². The first-order valence-electron chi connectivity index (χ1n) is 10.8. The molecule has 0 radical (unpaired) electrons. The molecule has 0 saturated carbocycles. The van der Waals surface area contributed by atoms with E-state index >= 15 is 0 Å². The largest absolute Gasteiger partial charge is 0.493 e. The molecule has 1 atom stereocenters. The highest BCUT2D eigenvalue weighted by atomic mass is 32.1. The summed E-state index contributed by atoms with van der Waals surface area (Å²) in [6, 6.07) is 13.9. The van der Waals surface area contributed by atoms with Crippen molar-refractivity contribution in [3.05, 3.63) is 71.0 Å². The quantitative estimate of drug-likeness (QED) is 0.412. The minimum absolute atomic E-state index is 0.165. The van der Waals surface area contributed by atoms with Crippen molar-refractivity contribution < 1.29 is 13.9 Å². The van der Waals surface area contributed by atoms with E-state index in [9.17, 15) is 9.18 Å². The number of methoxy groups -OCH3 is 1. The number of thiophene rings is 1. The molecular formula is C25H24FN3O3S. The minimum atomic E-state index is -0.294. The maximum absolute atomic E-state index is 13.3. The van der Waals surface area contributed by atoms with Crippen LogP contribution < -0.4 is 15.0 Å². The van der Waals surface area contributed by atoms with Crippen LogP contribution in [0.1, 0.15) is 12.8 Å². The van der Waals surface area contributed by atoms with Gasteiger partial charge in [-0.15, -0.1) is 11.3 Å². The molecule has 0 aliphatic carbocycles. The molecule has 2 aromatic heterocycles. The summed E-state index contributed by atoms with van der Waals surface area (Å²) in [5.41, 5.74) is 1.95. The third kappa shape index (κ3) is 4.24. The zero-order chi connectivity index (χ0) is 22.9. The van der Waals surface area contributed by atoms with E-state index in [4.69, 9.17) is 9.47 Å². The first-order chi connectivity index (χ1) is 16.0. The average Bonchev–Trinajstić information content (AvgIpc) is 3.45. The third-order valence-corrected chi connectivity index (χ3v) is 7.26. The maximum atomic E-state index is 13.3. The Balaban J connectivity index is 1.45. The minimum Gasteiger partial charge on any atom is -0.493 e. The van der Waals surface area contributed by atoms with Crippen LogP contribution in [0.2, 0.25) is 0 Å². The van der Waals surface area contributed by atoms with Crippen LogP contribution in [0.25, 0.3) is 26.3 Å². The van der Waals surface area contributed by atoms with Crippen molar-refractivity contribution in [3.63, 3.8) is 0 Å². The Hall–Kier alpha value is -3.23. The Kier molecular flexibility index (Phi) is 5.86. The van der Waals surface area contributed by atoms with Crippen LogP contribution in [0.5, 0.6) is 11.5 Å². The van der Waals surface area contributed by atoms with E-state index < -0.39 is 0 Å². The number of ether oxygens (including phenoxy) is 2. The van der Waals surface area contributed by atoms with Gasteiger partial charge in [-0.3, -0.25) is 9.36 Å². The molecule has 6 nitrogen and oxygen atoms in total. The molecule has 170 valence electrons. The Morgan fingerprint density at radius 3 is 2.70 bits per heavy atom. The van der Waals surface area contributed by atoms with Gasteiger partial charge >= 0.3 is 0 Å². The number of likely N-dealkylation sites (N-methyl/N-ethyl adjacent to an activating group) is 1. The lowest BCUT2D eigenvalue weighted by atomic mass is 10.2. The van der Waals surface area contributed by atoms with Gasteiger partial charge < -0.3 is 14.4 Å². The lowest BCUT2D eigenvalue weighted by Gasteiger charge is -2.20. The van der Waals surface area contributed by atoms with Gasteiger partial charge in [0, 0.05) is 17.0 Å². The summed E-state index contributed by atoms with van der Waals surface area (Å²) >= 11 is 1.35. The second-order valence-electron chi connectivity index (χ2n) is 8.17. The normalized spacial score (nSPS) is 16.4. The number of halogens is 1. The smallest absolute Gasteiger partial charge is 0.275 e. The molecule has 1 saturated heterocycles. The Morgan fingerprint density at radius 2 is 1.97 bits per heavy atom. The average molecular weight is 466 g/mol. The summed E-state index contributed by atoms with van der Waals surface area (Å²) < 4.78 is 26.9. The Bertz CT molecular complexity index is 1350. The highest BCUT2D eigenvalue weighted by molar-refractivity contribution is 7.22. The molecule has 2 aromatic carbocycles. The molecule has 33 heavy (non-hydrogen) atoms. The van der Waals surface area contributed by atoms with E-state index in [2.05, 4.69) is 16.9 Å². The summed E-state index contributed by atoms with van der Waals surface area (Å²) in [5.74, 6) is 0.925. The van der Waals surface area contributed by atoms with E-state index in [0.29, 0.717) is 40.1 Å². The van der Waals surface area contributed by atoms with Crippen LogP contribution in [0.15, 0.2) is 59.7 Å². The van der Waals surface area contributed by atoms with Crippen molar-refractivity contribution in [2.75, 3.05) is 27.3 Å². The van der Waals surface area contributed by atoms with Crippen LogP contribution in [0, 0.1) is 5.82 Å². The molecule has 1 fully saturated rings. The first kappa shape index (κ1) is 21.6. The van der Waals surface area contributed by atoms with Crippen molar-refractivity contribution in [1.82, 2.24) is 14.5 Å². The highest BCUT2D eigenvalue weighted by Crippen LogP contribution is 2.33. The van der Waals surface area contributed by atoms with Gasteiger partial charge in [0.15, 0.2) is 11.5 Å². The fourth-order valence-corrected chi connectivity index (χ4v) is 5.20. The van der Waals surface area contributed by atoms with Gasteiger partial charge in [-0.2, -0.15) is 0 Å². The third-order valence-electron chi connectivity index (χ3n) is 6.09. The fraction of sp³-hybridized carbons (Fsp3) is 0.280. The number of rotatable bonds is 6. The van der Waals surface area contributed by atoms with Gasteiger partial charge in [-0.25, -0.2) is 9.37 Å². The number of hydrogen-bond acceptors (Lipinski definition) is 6. The van der Waals surface area contributed by atoms with Crippen LogP contribution in [-0.4, -0.2) is 47.8 Å². The summed E-state index contributed by atoms with van der Waals surface area (Å²) in [4.78, 5) is 20.9. The van der Waals surface area contributed by atoms with E-state index in [1.807, 2.05) is 18.2 Å². The molecule has 0 amide bonds. The molecule has 1 aliphatic heterocycles. The molecule has 3 heterocycles. The lowest BCUT2D eigenvalue weighted by Crippen LogP contribution is -2.30. The van der Waals surface area contributed by atoms with Crippen molar-refractivity contribution in [1.29, 1.82) is 0 Å². The molecule has 1 aliphatic rings. The number of aromatic nitrogens is 2. The van der Waals surface area contributed by atoms with Crippen molar-refractivity contribution in [2.45, 2.75) is 18.9 Å². The number of benzene rings is 2. The SMILES string of the molecule is COc1cc(-n2cnc3cc(-c4ccc(F)cc4)sc3c2=O)ccc1OC[C@H]1CCCN1C. The van der Waals surface area contributed by atoms with Gasteiger partial charge in [0.05, 0.1) is 18.3 Å². The van der Waals surface area contributed by atoms with Crippen LogP contribution in [-0.2, 0) is 0 Å². The number of fused-ring (bicyclic) bond motifs is 1. The monoisotopic (exact) mass is 465 g/mol. The van der Waals surface area contributed by atoms with Crippen molar-refractivity contribution in [3.8, 4) is 27.6 Å². The van der Waals surface area contributed by atoms with E-state index in [1.165, 1.54) is 40.8 Å². The highest BCUT2D eigenvalue weighted by Gasteiger charge is 2.22. The summed E-state index contributed by atoms with van der Waals surface area (Å²) in [5, 5.41) is 0. The predicted molar refractivity (Wildman–Crippen MR) is 128 cm³/mol. The molecule has 0 spiro atoms. The number of nitrogens with zero attached hydrogens (tertiary/aromatic N) is 3. The summed E-state index contributed by atoms with van der Waals surface area (Å²) in [6.07, 6.45) is 3.83. The molecule has 0 bridgehead atoms. The first-order valence-corrected chi connectivity index (χ1v) is 11.6. The topological polar surface area (TPSA) is 56.6 Å². The van der Waals surface area contributed by atoms with Crippen LogP contribution >= 0.6 is 11.3 Å². The number of hydrogen-bond donors (Lipinski definition) is 0. The van der Waals surface area contributed by atoms with E-state index in [0.717, 1.165) is 23.4 Å². The van der Waals surface area contributed by atoms with Gasteiger partial charge in [0.2, 0.25) is 0 Å². The van der Waals surface area contributed by atoms with E-state index in [1.54, 1.807) is 25.3 Å². The van der Waals surface area contributed by atoms with Crippen LogP contribution in [0.3, 0.4) is 0 Å². The van der Waals surface area contributed by atoms with Crippen LogP contribution in [0.4, 0.5) is 4.39 Å². The fourth-order valence-electron chi connectivity index (χ4n) is 4.15. The number of likely N-dealkylation sites (tertiary alicyclic amines) is 1. The molecule has 4 aromatic rings. The van der Waals surface area contributed by atoms with E-state index in [-0.39, 0.29) is 11.4 Å². The molecule has 5 rings (SSSR count). The van der Waals surface area contributed by atoms with Crippen molar-refractivity contribution in [2.24, 2.45) is 0 Å². The molecule has 0 N–H and O–H groups in total. The lowest BCUT2D eigenvalue weighted by molar-refractivity contribution is 0.193. The zero-order valence-electron chi connectivity index (χ0n) is 18.5.